The number of unbranched alkanes of at least 4 members (excludes halogenated alkanes) is 1. The minimum atomic E-state index is -2.70. The second-order valence-corrected chi connectivity index (χ2v) is 16.9. The molecule has 0 aromatic heterocycles. The van der Waals surface area contributed by atoms with E-state index in [-0.39, 0.29) is 5.97 Å². The third-order valence-corrected chi connectivity index (χ3v) is 14.2. The highest BCUT2D eigenvalue weighted by atomic mass is 28.4. The second-order valence-electron chi connectivity index (χ2n) is 9.01. The standard InChI is InChI=1S/C28H34O3Si2/c1-24(2)28(29)30-22-14-15-23-32(3,4)31-33(25-16-8-5-9-17-25,26-18-10-6-11-19-26)27-20-12-7-13-21-27/h5-13,16-21H,1,14-15,22-23H2,2-4H3. The van der Waals surface area contributed by atoms with Crippen LogP contribution in [0.1, 0.15) is 19.8 Å². The molecule has 0 bridgehead atoms. The van der Waals surface area contributed by atoms with Crippen molar-refractivity contribution in [3.8, 4) is 0 Å². The van der Waals surface area contributed by atoms with E-state index in [1.807, 2.05) is 0 Å². The van der Waals surface area contributed by atoms with Gasteiger partial charge in [-0.05, 0) is 48.0 Å². The van der Waals surface area contributed by atoms with E-state index in [1.165, 1.54) is 15.6 Å². The maximum atomic E-state index is 11.6. The van der Waals surface area contributed by atoms with Gasteiger partial charge in [-0.25, -0.2) is 4.79 Å². The largest absolute Gasteiger partial charge is 0.462 e. The third kappa shape index (κ3) is 6.41. The van der Waals surface area contributed by atoms with Gasteiger partial charge in [-0.1, -0.05) is 104 Å². The molecular weight excluding hydrogens is 440 g/mol. The summed E-state index contributed by atoms with van der Waals surface area (Å²) in [5, 5.41) is 3.79. The molecule has 0 aliphatic heterocycles. The Morgan fingerprint density at radius 3 is 1.58 bits per heavy atom. The molecule has 0 fully saturated rings. The molecule has 172 valence electrons. The molecule has 33 heavy (non-hydrogen) atoms. The number of esters is 1. The van der Waals surface area contributed by atoms with Crippen molar-refractivity contribution in [3.05, 3.63) is 103 Å². The third-order valence-electron chi connectivity index (χ3n) is 5.73. The van der Waals surface area contributed by atoms with E-state index in [1.54, 1.807) is 6.92 Å². The van der Waals surface area contributed by atoms with Crippen molar-refractivity contribution in [2.45, 2.75) is 38.9 Å². The highest BCUT2D eigenvalue weighted by Gasteiger charge is 2.45. The molecule has 3 rings (SSSR count). The van der Waals surface area contributed by atoms with Crippen LogP contribution >= 0.6 is 0 Å². The van der Waals surface area contributed by atoms with Crippen molar-refractivity contribution < 1.29 is 13.6 Å². The van der Waals surface area contributed by atoms with Gasteiger partial charge in [-0.2, -0.15) is 0 Å². The summed E-state index contributed by atoms with van der Waals surface area (Å²) in [6, 6.07) is 33.1. The summed E-state index contributed by atoms with van der Waals surface area (Å²) in [7, 11) is -4.78. The van der Waals surface area contributed by atoms with Gasteiger partial charge in [-0.15, -0.1) is 0 Å². The first-order valence-corrected chi connectivity index (χ1v) is 16.6. The van der Waals surface area contributed by atoms with Gasteiger partial charge in [0.15, 0.2) is 8.32 Å². The second kappa shape index (κ2) is 11.4. The highest BCUT2D eigenvalue weighted by molar-refractivity contribution is 7.10. The van der Waals surface area contributed by atoms with Crippen LogP contribution in [-0.4, -0.2) is 29.2 Å². The molecule has 0 spiro atoms. The molecule has 5 heteroatoms. The zero-order valence-corrected chi connectivity index (χ0v) is 21.9. The molecule has 3 aromatic carbocycles. The average molecular weight is 475 g/mol. The molecule has 0 aliphatic rings. The lowest BCUT2D eigenvalue weighted by Gasteiger charge is -2.40. The smallest absolute Gasteiger partial charge is 0.333 e. The molecule has 0 N–H and O–H groups in total. The fraction of sp³-hybridized carbons (Fsp3) is 0.250. The first-order chi connectivity index (χ1) is 15.8. The molecule has 0 amide bonds. The summed E-state index contributed by atoms with van der Waals surface area (Å²) in [6.45, 7) is 10.4. The topological polar surface area (TPSA) is 35.5 Å². The van der Waals surface area contributed by atoms with Crippen LogP contribution in [0.15, 0.2) is 103 Å². The minimum absolute atomic E-state index is 0.314. The number of rotatable bonds is 11. The first-order valence-electron chi connectivity index (χ1n) is 11.5. The quantitative estimate of drug-likeness (QED) is 0.132. The Kier molecular flexibility index (Phi) is 8.61. The number of carbonyl (C=O) groups excluding carboxylic acids is 1. The first kappa shape index (κ1) is 24.9. The van der Waals surface area contributed by atoms with Crippen LogP contribution in [0.5, 0.6) is 0 Å². The molecular formula is C28H34O3Si2. The van der Waals surface area contributed by atoms with Gasteiger partial charge in [-0.3, -0.25) is 0 Å². The summed E-state index contributed by atoms with van der Waals surface area (Å²) in [4.78, 5) is 11.6. The molecule has 3 nitrogen and oxygen atoms in total. The van der Waals surface area contributed by atoms with E-state index in [2.05, 4.69) is 111 Å². The molecule has 0 aliphatic carbocycles. The molecule has 0 radical (unpaired) electrons. The van der Waals surface area contributed by atoms with Crippen molar-refractivity contribution >= 4 is 38.2 Å². The van der Waals surface area contributed by atoms with E-state index in [4.69, 9.17) is 8.85 Å². The number of hydrogen-bond acceptors (Lipinski definition) is 3. The Morgan fingerprint density at radius 2 is 1.18 bits per heavy atom. The van der Waals surface area contributed by atoms with Crippen LogP contribution in [-0.2, 0) is 13.6 Å². The van der Waals surface area contributed by atoms with Crippen molar-refractivity contribution in [2.24, 2.45) is 0 Å². The summed E-state index contributed by atoms with van der Waals surface area (Å²) >= 11 is 0. The number of ether oxygens (including phenoxy) is 1. The maximum absolute atomic E-state index is 11.6. The van der Waals surface area contributed by atoms with E-state index in [0.29, 0.717) is 12.2 Å². The van der Waals surface area contributed by atoms with Crippen LogP contribution in [0.25, 0.3) is 0 Å². The fourth-order valence-corrected chi connectivity index (χ4v) is 13.3. The minimum Gasteiger partial charge on any atom is -0.462 e. The monoisotopic (exact) mass is 474 g/mol. The van der Waals surface area contributed by atoms with Crippen LogP contribution < -0.4 is 15.6 Å². The molecule has 0 unspecified atom stereocenters. The van der Waals surface area contributed by atoms with Gasteiger partial charge < -0.3 is 8.85 Å². The highest BCUT2D eigenvalue weighted by Crippen LogP contribution is 2.22. The summed E-state index contributed by atoms with van der Waals surface area (Å²) in [5.74, 6) is -0.314. The summed E-state index contributed by atoms with van der Waals surface area (Å²) in [5.41, 5.74) is 0.442. The van der Waals surface area contributed by atoms with Crippen molar-refractivity contribution in [2.75, 3.05) is 6.61 Å². The van der Waals surface area contributed by atoms with Gasteiger partial charge in [0.25, 0.3) is 8.32 Å². The Labute approximate surface area is 200 Å². The molecule has 0 heterocycles. The molecule has 3 aromatic rings. The lowest BCUT2D eigenvalue weighted by molar-refractivity contribution is -0.139. The van der Waals surface area contributed by atoms with E-state index in [9.17, 15) is 4.79 Å². The Bertz CT molecular complexity index is 938. The Hall–Kier alpha value is -2.74. The average Bonchev–Trinajstić information content (AvgIpc) is 2.83. The zero-order valence-electron chi connectivity index (χ0n) is 19.9. The van der Waals surface area contributed by atoms with Crippen LogP contribution in [0.3, 0.4) is 0 Å². The van der Waals surface area contributed by atoms with E-state index in [0.717, 1.165) is 18.9 Å². The number of benzene rings is 3. The molecule has 0 saturated heterocycles. The van der Waals surface area contributed by atoms with Crippen LogP contribution in [0, 0.1) is 0 Å². The van der Waals surface area contributed by atoms with Crippen molar-refractivity contribution in [1.29, 1.82) is 0 Å². The zero-order chi connectivity index (χ0) is 23.7. The predicted octanol–water partition coefficient (Wildman–Crippen LogP) is 4.77. The number of carbonyl (C=O) groups is 1. The van der Waals surface area contributed by atoms with Crippen molar-refractivity contribution in [1.82, 2.24) is 0 Å². The SMILES string of the molecule is C=C(C)C(=O)OCCCC[Si](C)(C)O[Si](c1ccccc1)(c1ccccc1)c1ccccc1. The van der Waals surface area contributed by atoms with E-state index < -0.39 is 16.6 Å². The fourth-order valence-electron chi connectivity index (χ4n) is 4.10. The van der Waals surface area contributed by atoms with E-state index >= 15 is 0 Å². The van der Waals surface area contributed by atoms with Crippen LogP contribution in [0.2, 0.25) is 19.1 Å². The van der Waals surface area contributed by atoms with Gasteiger partial charge in [0.05, 0.1) is 6.61 Å². The predicted molar refractivity (Wildman–Crippen MR) is 142 cm³/mol. The lowest BCUT2D eigenvalue weighted by atomic mass is 10.3. The molecule has 0 saturated carbocycles. The normalized spacial score (nSPS) is 11.7. The van der Waals surface area contributed by atoms with Gasteiger partial charge in [0.2, 0.25) is 0 Å². The van der Waals surface area contributed by atoms with Gasteiger partial charge in [0, 0.05) is 5.57 Å². The lowest BCUT2D eigenvalue weighted by Crippen LogP contribution is -2.72. The summed E-state index contributed by atoms with van der Waals surface area (Å²) < 4.78 is 12.7. The molecule has 0 atom stereocenters. The Morgan fingerprint density at radius 1 is 0.758 bits per heavy atom. The van der Waals surface area contributed by atoms with Gasteiger partial charge in [0.1, 0.15) is 0 Å². The van der Waals surface area contributed by atoms with Gasteiger partial charge >= 0.3 is 5.97 Å². The summed E-state index contributed by atoms with van der Waals surface area (Å²) in [6.07, 6.45) is 1.79. The Balaban J connectivity index is 1.90. The van der Waals surface area contributed by atoms with Crippen LogP contribution in [0.4, 0.5) is 0 Å². The maximum Gasteiger partial charge on any atom is 0.333 e. The number of hydrogen-bond donors (Lipinski definition) is 0. The van der Waals surface area contributed by atoms with Crippen molar-refractivity contribution in [3.63, 3.8) is 0 Å².